The number of nitrogens with zero attached hydrogens (tertiary/aromatic N) is 5. The Hall–Kier alpha value is -1.17. The first-order valence-electron chi connectivity index (χ1n) is 7.37. The largest absolute Gasteiger partial charge is 0.334 e. The van der Waals surface area contributed by atoms with E-state index < -0.39 is 0 Å². The van der Waals surface area contributed by atoms with E-state index in [0.717, 1.165) is 6.42 Å². The van der Waals surface area contributed by atoms with Crippen LogP contribution in [0, 0.1) is 5.41 Å². The SMILES string of the molecule is CC1(CCN(Cc2nnn(C(C)(C)C)n2)C(=O)CCl)CC1. The molecule has 0 bridgehead atoms. The monoisotopic (exact) mass is 313 g/mol. The lowest BCUT2D eigenvalue weighted by molar-refractivity contribution is -0.129. The van der Waals surface area contributed by atoms with Crippen molar-refractivity contribution in [2.45, 2.75) is 59.0 Å². The molecule has 1 saturated carbocycles. The topological polar surface area (TPSA) is 63.9 Å². The van der Waals surface area contributed by atoms with Gasteiger partial charge in [-0.05, 0) is 50.7 Å². The van der Waals surface area contributed by atoms with Crippen LogP contribution in [-0.4, -0.2) is 43.4 Å². The summed E-state index contributed by atoms with van der Waals surface area (Å²) in [5, 5.41) is 12.5. The number of carbonyl (C=O) groups is 1. The second-order valence-electron chi connectivity index (χ2n) is 7.18. The Balaban J connectivity index is 2.00. The van der Waals surface area contributed by atoms with Crippen LogP contribution in [0.5, 0.6) is 0 Å². The van der Waals surface area contributed by atoms with Gasteiger partial charge in [-0.1, -0.05) is 6.92 Å². The van der Waals surface area contributed by atoms with Crippen LogP contribution in [0.15, 0.2) is 0 Å². The van der Waals surface area contributed by atoms with Crippen molar-refractivity contribution in [2.75, 3.05) is 12.4 Å². The molecule has 1 aliphatic carbocycles. The highest BCUT2D eigenvalue weighted by Crippen LogP contribution is 2.48. The molecule has 0 unspecified atom stereocenters. The molecular weight excluding hydrogens is 290 g/mol. The molecule has 1 aromatic heterocycles. The Morgan fingerprint density at radius 1 is 1.43 bits per heavy atom. The van der Waals surface area contributed by atoms with Crippen LogP contribution in [-0.2, 0) is 16.9 Å². The van der Waals surface area contributed by atoms with E-state index in [1.165, 1.54) is 12.8 Å². The summed E-state index contributed by atoms with van der Waals surface area (Å²) >= 11 is 5.70. The Kier molecular flexibility index (Phi) is 4.56. The summed E-state index contributed by atoms with van der Waals surface area (Å²) in [5.41, 5.74) is 0.190. The van der Waals surface area contributed by atoms with Gasteiger partial charge in [0, 0.05) is 6.54 Å². The van der Waals surface area contributed by atoms with Crippen molar-refractivity contribution in [1.29, 1.82) is 0 Å². The van der Waals surface area contributed by atoms with Gasteiger partial charge in [0.2, 0.25) is 5.91 Å². The summed E-state index contributed by atoms with van der Waals surface area (Å²) < 4.78 is 0. The van der Waals surface area contributed by atoms with Crippen molar-refractivity contribution in [3.63, 3.8) is 0 Å². The number of alkyl halides is 1. The molecule has 1 aliphatic rings. The molecule has 0 atom stereocenters. The van der Waals surface area contributed by atoms with E-state index in [1.54, 1.807) is 9.70 Å². The first-order valence-corrected chi connectivity index (χ1v) is 7.90. The molecule has 6 nitrogen and oxygen atoms in total. The van der Waals surface area contributed by atoms with Crippen LogP contribution < -0.4 is 0 Å². The van der Waals surface area contributed by atoms with Crippen molar-refractivity contribution < 1.29 is 4.79 Å². The van der Waals surface area contributed by atoms with Crippen molar-refractivity contribution in [1.82, 2.24) is 25.1 Å². The molecule has 1 fully saturated rings. The molecule has 2 rings (SSSR count). The molecule has 1 amide bonds. The van der Waals surface area contributed by atoms with Crippen molar-refractivity contribution in [2.24, 2.45) is 5.41 Å². The maximum absolute atomic E-state index is 12.0. The number of aromatic nitrogens is 4. The van der Waals surface area contributed by atoms with E-state index in [2.05, 4.69) is 22.3 Å². The number of amides is 1. The molecule has 0 saturated heterocycles. The minimum absolute atomic E-state index is 0.00980. The van der Waals surface area contributed by atoms with E-state index in [9.17, 15) is 4.79 Å². The summed E-state index contributed by atoms with van der Waals surface area (Å²) in [6.07, 6.45) is 3.49. The molecule has 1 heterocycles. The second kappa shape index (κ2) is 5.91. The lowest BCUT2D eigenvalue weighted by atomic mass is 10.1. The van der Waals surface area contributed by atoms with Crippen molar-refractivity contribution in [3.8, 4) is 0 Å². The Bertz CT molecular complexity index is 504. The van der Waals surface area contributed by atoms with Gasteiger partial charge in [-0.15, -0.1) is 21.8 Å². The Labute approximate surface area is 130 Å². The average molecular weight is 314 g/mol. The third-order valence-corrected chi connectivity index (χ3v) is 4.17. The number of carbonyl (C=O) groups excluding carboxylic acids is 1. The van der Waals surface area contributed by atoms with Crippen LogP contribution in [0.3, 0.4) is 0 Å². The fourth-order valence-corrected chi connectivity index (χ4v) is 2.18. The third-order valence-electron chi connectivity index (χ3n) is 3.94. The molecule has 1 aromatic rings. The normalized spacial score (nSPS) is 16.8. The van der Waals surface area contributed by atoms with Crippen LogP contribution >= 0.6 is 11.6 Å². The summed E-state index contributed by atoms with van der Waals surface area (Å²) in [6.45, 7) is 9.35. The average Bonchev–Trinajstić information content (AvgIpc) is 2.95. The second-order valence-corrected chi connectivity index (χ2v) is 7.44. The van der Waals surface area contributed by atoms with Crippen molar-refractivity contribution in [3.05, 3.63) is 5.82 Å². The highest BCUT2D eigenvalue weighted by molar-refractivity contribution is 6.27. The molecule has 0 aromatic carbocycles. The Morgan fingerprint density at radius 3 is 2.57 bits per heavy atom. The van der Waals surface area contributed by atoms with Gasteiger partial charge in [0.15, 0.2) is 5.82 Å². The minimum atomic E-state index is -0.214. The third kappa shape index (κ3) is 4.40. The number of tetrazole rings is 1. The minimum Gasteiger partial charge on any atom is -0.334 e. The van der Waals surface area contributed by atoms with Crippen molar-refractivity contribution >= 4 is 17.5 Å². The molecule has 0 N–H and O–H groups in total. The van der Waals surface area contributed by atoms with Gasteiger partial charge in [-0.2, -0.15) is 4.80 Å². The molecule has 118 valence electrons. The fourth-order valence-electron chi connectivity index (χ4n) is 2.01. The smallest absolute Gasteiger partial charge is 0.237 e. The maximum Gasteiger partial charge on any atom is 0.237 e. The highest BCUT2D eigenvalue weighted by Gasteiger charge is 2.37. The molecule has 0 radical (unpaired) electrons. The zero-order valence-electron chi connectivity index (χ0n) is 13.3. The summed E-state index contributed by atoms with van der Waals surface area (Å²) in [6, 6.07) is 0. The number of hydrogen-bond acceptors (Lipinski definition) is 4. The van der Waals surface area contributed by atoms with E-state index >= 15 is 0 Å². The fraction of sp³-hybridized carbons (Fsp3) is 0.857. The van der Waals surface area contributed by atoms with Gasteiger partial charge in [0.25, 0.3) is 0 Å². The Morgan fingerprint density at radius 2 is 2.10 bits per heavy atom. The van der Waals surface area contributed by atoms with E-state index in [-0.39, 0.29) is 17.3 Å². The number of rotatable bonds is 6. The molecule has 21 heavy (non-hydrogen) atoms. The summed E-state index contributed by atoms with van der Waals surface area (Å²) in [7, 11) is 0. The van der Waals surface area contributed by atoms with Gasteiger partial charge in [0.05, 0.1) is 12.1 Å². The quantitative estimate of drug-likeness (QED) is 0.755. The zero-order chi connectivity index (χ0) is 15.7. The van der Waals surface area contributed by atoms with Crippen LogP contribution in [0.4, 0.5) is 0 Å². The summed E-state index contributed by atoms with van der Waals surface area (Å²) in [4.78, 5) is 15.3. The zero-order valence-corrected chi connectivity index (χ0v) is 14.0. The summed E-state index contributed by atoms with van der Waals surface area (Å²) in [5.74, 6) is 0.474. The lowest BCUT2D eigenvalue weighted by Gasteiger charge is -2.22. The van der Waals surface area contributed by atoms with E-state index in [4.69, 9.17) is 11.6 Å². The van der Waals surface area contributed by atoms with Gasteiger partial charge in [-0.3, -0.25) is 4.79 Å². The van der Waals surface area contributed by atoms with Crippen LogP contribution in [0.25, 0.3) is 0 Å². The number of hydrogen-bond donors (Lipinski definition) is 0. The lowest BCUT2D eigenvalue weighted by Crippen LogP contribution is -2.34. The molecule has 0 aliphatic heterocycles. The maximum atomic E-state index is 12.0. The molecular formula is C14H24ClN5O. The predicted octanol–water partition coefficient (Wildman–Crippen LogP) is 2.19. The van der Waals surface area contributed by atoms with Gasteiger partial charge >= 0.3 is 0 Å². The van der Waals surface area contributed by atoms with E-state index in [1.807, 2.05) is 20.8 Å². The molecule has 0 spiro atoms. The van der Waals surface area contributed by atoms with Crippen LogP contribution in [0.2, 0.25) is 0 Å². The standard InChI is InChI=1S/C14H24ClN5O/c1-13(2,3)20-17-11(16-18-20)10-19(12(21)9-15)8-7-14(4)5-6-14/h5-10H2,1-4H3. The van der Waals surface area contributed by atoms with Gasteiger partial charge < -0.3 is 4.90 Å². The first-order chi connectivity index (χ1) is 9.73. The van der Waals surface area contributed by atoms with Crippen LogP contribution in [0.1, 0.15) is 52.8 Å². The number of halogens is 1. The van der Waals surface area contributed by atoms with Gasteiger partial charge in [-0.25, -0.2) is 0 Å². The van der Waals surface area contributed by atoms with Gasteiger partial charge in [0.1, 0.15) is 5.88 Å². The highest BCUT2D eigenvalue weighted by atomic mass is 35.5. The predicted molar refractivity (Wildman–Crippen MR) is 80.9 cm³/mol. The molecule has 7 heteroatoms. The van der Waals surface area contributed by atoms with E-state index in [0.29, 0.717) is 24.3 Å². The first kappa shape index (κ1) is 16.2.